The van der Waals surface area contributed by atoms with E-state index in [-0.39, 0.29) is 27.2 Å². The normalized spacial score (nSPS) is 10.4. The van der Waals surface area contributed by atoms with Crippen LogP contribution in [0.25, 0.3) is 10.8 Å². The molecule has 0 saturated heterocycles. The number of hydrogen-bond acceptors (Lipinski definition) is 4. The van der Waals surface area contributed by atoms with Gasteiger partial charge in [0.05, 0.1) is 10.3 Å². The summed E-state index contributed by atoms with van der Waals surface area (Å²) in [6.07, 6.45) is 1.20. The number of aromatic nitrogens is 1. The molecule has 7 heteroatoms. The maximum Gasteiger partial charge on any atom is 0.355 e. The summed E-state index contributed by atoms with van der Waals surface area (Å²) in [5.74, 6) is -1.24. The molecule has 0 aliphatic rings. The van der Waals surface area contributed by atoms with Gasteiger partial charge in [-0.05, 0) is 18.2 Å². The molecule has 2 aromatic rings. The maximum atomic E-state index is 10.9. The van der Waals surface area contributed by atoms with Gasteiger partial charge in [-0.3, -0.25) is 10.1 Å². The minimum absolute atomic E-state index is 0.0370. The highest BCUT2D eigenvalue weighted by Crippen LogP contribution is 2.33. The second-order valence-electron chi connectivity index (χ2n) is 3.21. The second kappa shape index (κ2) is 3.99. The average Bonchev–Trinajstić information content (AvgIpc) is 2.26. The summed E-state index contributed by atoms with van der Waals surface area (Å²) in [4.78, 5) is 24.8. The van der Waals surface area contributed by atoms with E-state index in [1.807, 2.05) is 0 Å². The number of pyridine rings is 1. The molecule has 0 atom stereocenters. The van der Waals surface area contributed by atoms with Crippen molar-refractivity contribution in [1.82, 2.24) is 4.98 Å². The molecule has 86 valence electrons. The second-order valence-corrected chi connectivity index (χ2v) is 3.62. The fraction of sp³-hybridized carbons (Fsp3) is 0. The molecule has 1 aromatic carbocycles. The average molecular weight is 253 g/mol. The number of rotatable bonds is 2. The fourth-order valence-corrected chi connectivity index (χ4v) is 1.80. The first kappa shape index (κ1) is 11.3. The van der Waals surface area contributed by atoms with E-state index in [1.54, 1.807) is 0 Å². The number of nitro benzene ring substituents is 1. The Kier molecular flexibility index (Phi) is 2.64. The number of carboxylic acids is 1. The van der Waals surface area contributed by atoms with Crippen LogP contribution < -0.4 is 0 Å². The van der Waals surface area contributed by atoms with E-state index < -0.39 is 10.9 Å². The van der Waals surface area contributed by atoms with Crippen LogP contribution >= 0.6 is 11.6 Å². The number of benzene rings is 1. The quantitative estimate of drug-likeness (QED) is 0.655. The topological polar surface area (TPSA) is 93.3 Å². The van der Waals surface area contributed by atoms with Crippen molar-refractivity contribution in [2.45, 2.75) is 0 Å². The van der Waals surface area contributed by atoms with Crippen LogP contribution in [0.5, 0.6) is 0 Å². The predicted octanol–water partition coefficient (Wildman–Crippen LogP) is 2.49. The van der Waals surface area contributed by atoms with Crippen molar-refractivity contribution in [2.24, 2.45) is 0 Å². The van der Waals surface area contributed by atoms with Crippen molar-refractivity contribution in [3.8, 4) is 0 Å². The van der Waals surface area contributed by atoms with Gasteiger partial charge in [-0.2, -0.15) is 0 Å². The molecule has 0 aliphatic carbocycles. The van der Waals surface area contributed by atoms with Crippen LogP contribution in [0.1, 0.15) is 10.5 Å². The zero-order chi connectivity index (χ0) is 12.6. The van der Waals surface area contributed by atoms with Gasteiger partial charge in [0.1, 0.15) is 5.02 Å². The smallest absolute Gasteiger partial charge is 0.355 e. The molecule has 0 radical (unpaired) electrons. The van der Waals surface area contributed by atoms with Crippen LogP contribution in [0.4, 0.5) is 5.69 Å². The van der Waals surface area contributed by atoms with Gasteiger partial charge in [-0.25, -0.2) is 9.78 Å². The lowest BCUT2D eigenvalue weighted by Gasteiger charge is -2.03. The standard InChI is InChI=1S/C10H5ClN2O4/c11-7-2-1-5-6(9(7)13(16)17)3-4-12-8(5)10(14)15/h1-4H,(H,14,15). The summed E-state index contributed by atoms with van der Waals surface area (Å²) in [7, 11) is 0. The van der Waals surface area contributed by atoms with Gasteiger partial charge in [0.2, 0.25) is 0 Å². The summed E-state index contributed by atoms with van der Waals surface area (Å²) < 4.78 is 0. The van der Waals surface area contributed by atoms with Gasteiger partial charge >= 0.3 is 5.97 Å². The summed E-state index contributed by atoms with van der Waals surface area (Å²) in [6, 6.07) is 4.06. The number of nitro groups is 1. The Morgan fingerprint density at radius 2 is 2.06 bits per heavy atom. The molecule has 0 unspecified atom stereocenters. The van der Waals surface area contributed by atoms with E-state index in [9.17, 15) is 14.9 Å². The lowest BCUT2D eigenvalue weighted by atomic mass is 10.1. The summed E-state index contributed by atoms with van der Waals surface area (Å²) in [5.41, 5.74) is -0.545. The number of nitrogens with zero attached hydrogens (tertiary/aromatic N) is 2. The molecule has 0 fully saturated rings. The van der Waals surface area contributed by atoms with Gasteiger partial charge in [-0.1, -0.05) is 11.6 Å². The molecule has 1 aromatic heterocycles. The summed E-state index contributed by atoms with van der Waals surface area (Å²) in [6.45, 7) is 0. The SMILES string of the molecule is O=C(O)c1nccc2c([N+](=O)[O-])c(Cl)ccc12. The molecular formula is C10H5ClN2O4. The van der Waals surface area contributed by atoms with E-state index in [1.165, 1.54) is 24.4 Å². The van der Waals surface area contributed by atoms with E-state index in [2.05, 4.69) is 4.98 Å². The zero-order valence-corrected chi connectivity index (χ0v) is 9.01. The van der Waals surface area contributed by atoms with Crippen LogP contribution in [0.15, 0.2) is 24.4 Å². The molecule has 0 bridgehead atoms. The third-order valence-corrected chi connectivity index (χ3v) is 2.56. The van der Waals surface area contributed by atoms with Crippen molar-refractivity contribution in [1.29, 1.82) is 0 Å². The Hall–Kier alpha value is -2.21. The van der Waals surface area contributed by atoms with Crippen molar-refractivity contribution in [3.05, 3.63) is 45.2 Å². The molecule has 1 N–H and O–H groups in total. The number of carboxylic acid groups (broad SMARTS) is 1. The van der Waals surface area contributed by atoms with Crippen molar-refractivity contribution < 1.29 is 14.8 Å². The highest BCUT2D eigenvalue weighted by atomic mass is 35.5. The Balaban J connectivity index is 2.93. The highest BCUT2D eigenvalue weighted by Gasteiger charge is 2.20. The predicted molar refractivity (Wildman–Crippen MR) is 60.4 cm³/mol. The Morgan fingerprint density at radius 1 is 1.35 bits per heavy atom. The van der Waals surface area contributed by atoms with E-state index >= 15 is 0 Å². The largest absolute Gasteiger partial charge is 0.476 e. The third-order valence-electron chi connectivity index (χ3n) is 2.25. The lowest BCUT2D eigenvalue weighted by Crippen LogP contribution is -2.02. The first-order valence-electron chi connectivity index (χ1n) is 4.47. The van der Waals surface area contributed by atoms with Gasteiger partial charge < -0.3 is 5.11 Å². The first-order chi connectivity index (χ1) is 8.02. The molecule has 17 heavy (non-hydrogen) atoms. The van der Waals surface area contributed by atoms with Crippen LogP contribution in [-0.2, 0) is 0 Å². The van der Waals surface area contributed by atoms with E-state index in [0.29, 0.717) is 0 Å². The maximum absolute atomic E-state index is 10.9. The van der Waals surface area contributed by atoms with Crippen LogP contribution in [-0.4, -0.2) is 21.0 Å². The molecule has 0 saturated carbocycles. The van der Waals surface area contributed by atoms with Gasteiger partial charge in [0, 0.05) is 11.6 Å². The number of halogens is 1. The number of fused-ring (bicyclic) bond motifs is 1. The Morgan fingerprint density at radius 3 is 2.65 bits per heavy atom. The molecular weight excluding hydrogens is 248 g/mol. The zero-order valence-electron chi connectivity index (χ0n) is 8.25. The van der Waals surface area contributed by atoms with Crippen molar-refractivity contribution >= 4 is 34.0 Å². The number of hydrogen-bond donors (Lipinski definition) is 1. The molecule has 0 spiro atoms. The molecule has 6 nitrogen and oxygen atoms in total. The van der Waals surface area contributed by atoms with Crippen molar-refractivity contribution in [2.75, 3.05) is 0 Å². The minimum Gasteiger partial charge on any atom is -0.476 e. The number of carbonyl (C=O) groups is 1. The molecule has 2 rings (SSSR count). The van der Waals surface area contributed by atoms with Gasteiger partial charge in [0.15, 0.2) is 5.69 Å². The Bertz CT molecular complexity index is 641. The molecule has 0 aliphatic heterocycles. The van der Waals surface area contributed by atoms with Crippen LogP contribution in [0.2, 0.25) is 5.02 Å². The Labute approximate surface area is 99.6 Å². The summed E-state index contributed by atoms with van der Waals surface area (Å²) in [5, 5.41) is 20.1. The van der Waals surface area contributed by atoms with Gasteiger partial charge in [0.25, 0.3) is 5.69 Å². The summed E-state index contributed by atoms with van der Waals surface area (Å²) >= 11 is 5.72. The first-order valence-corrected chi connectivity index (χ1v) is 4.85. The lowest BCUT2D eigenvalue weighted by molar-refractivity contribution is -0.382. The highest BCUT2D eigenvalue weighted by molar-refractivity contribution is 6.34. The van der Waals surface area contributed by atoms with E-state index in [4.69, 9.17) is 16.7 Å². The van der Waals surface area contributed by atoms with Gasteiger partial charge in [-0.15, -0.1) is 0 Å². The monoisotopic (exact) mass is 252 g/mol. The molecule has 0 amide bonds. The van der Waals surface area contributed by atoms with Crippen LogP contribution in [0.3, 0.4) is 0 Å². The van der Waals surface area contributed by atoms with Crippen LogP contribution in [0, 0.1) is 10.1 Å². The number of aromatic carboxylic acids is 1. The minimum atomic E-state index is -1.24. The molecule has 1 heterocycles. The third kappa shape index (κ3) is 1.78. The fourth-order valence-electron chi connectivity index (χ4n) is 1.57. The van der Waals surface area contributed by atoms with E-state index in [0.717, 1.165) is 0 Å². The van der Waals surface area contributed by atoms with Crippen molar-refractivity contribution in [3.63, 3.8) is 0 Å².